The smallest absolute Gasteiger partial charge is 0.336 e. The maximum Gasteiger partial charge on any atom is 0.336 e. The lowest BCUT2D eigenvalue weighted by Gasteiger charge is -2.37. The van der Waals surface area contributed by atoms with Gasteiger partial charge in [0.15, 0.2) is 5.78 Å². The van der Waals surface area contributed by atoms with Crippen molar-refractivity contribution in [2.45, 2.75) is 58.5 Å². The van der Waals surface area contributed by atoms with Crippen molar-refractivity contribution in [3.05, 3.63) is 87.2 Å². The highest BCUT2D eigenvalue weighted by molar-refractivity contribution is 7.99. The number of allylic oxidation sites excluding steroid dienone is 3. The van der Waals surface area contributed by atoms with Gasteiger partial charge in [-0.3, -0.25) is 4.79 Å². The quantitative estimate of drug-likeness (QED) is 0.280. The second kappa shape index (κ2) is 12.2. The largest absolute Gasteiger partial charge is 0.491 e. The Hall–Kier alpha value is -2.70. The van der Waals surface area contributed by atoms with Crippen LogP contribution in [-0.4, -0.2) is 36.0 Å². The third-order valence-corrected chi connectivity index (χ3v) is 7.76. The van der Waals surface area contributed by atoms with Crippen molar-refractivity contribution in [3.63, 3.8) is 0 Å². The summed E-state index contributed by atoms with van der Waals surface area (Å²) in [5.41, 5.74) is 4.55. The zero-order valence-electron chi connectivity index (χ0n) is 21.8. The normalized spacial score (nSPS) is 19.6. The molecule has 37 heavy (non-hydrogen) atoms. The molecule has 1 N–H and O–H groups in total. The number of nitrogens with one attached hydrogen (secondary N) is 1. The first kappa shape index (κ1) is 27.3. The highest BCUT2D eigenvalue weighted by Gasteiger charge is 2.42. The summed E-state index contributed by atoms with van der Waals surface area (Å²) < 4.78 is 11.8. The fourth-order valence-electron chi connectivity index (χ4n) is 5.09. The Labute approximate surface area is 228 Å². The van der Waals surface area contributed by atoms with E-state index in [-0.39, 0.29) is 17.8 Å². The number of hydrogen-bond acceptors (Lipinski definition) is 6. The second-order valence-electron chi connectivity index (χ2n) is 9.61. The standard InChI is InChI=1S/C30H34ClNO4S/c1-5-37-15-14-35-30(34)27-19(4)32-24-16-21(20-10-12-22(31)13-11-20)17-25(33)29(24)28(27)23-8-6-7-9-26(23)36-18(2)3/h6-13,18,21,28,32H,5,14-17H2,1-4H3/t21-,28+/m0/s1. The molecule has 4 rings (SSSR count). The van der Waals surface area contributed by atoms with Crippen LogP contribution in [0.3, 0.4) is 0 Å². The molecule has 0 amide bonds. The van der Waals surface area contributed by atoms with Crippen molar-refractivity contribution in [2.24, 2.45) is 0 Å². The van der Waals surface area contributed by atoms with Gasteiger partial charge in [0, 0.05) is 39.7 Å². The molecule has 0 saturated heterocycles. The number of para-hydroxylation sites is 1. The van der Waals surface area contributed by atoms with Gasteiger partial charge in [-0.15, -0.1) is 0 Å². The van der Waals surface area contributed by atoms with Crippen molar-refractivity contribution in [2.75, 3.05) is 18.1 Å². The molecule has 2 aromatic carbocycles. The topological polar surface area (TPSA) is 64.6 Å². The van der Waals surface area contributed by atoms with E-state index in [2.05, 4.69) is 12.2 Å². The number of rotatable bonds is 9. The molecule has 0 aromatic heterocycles. The van der Waals surface area contributed by atoms with Crippen LogP contribution in [-0.2, 0) is 14.3 Å². The first-order valence-corrected chi connectivity index (χ1v) is 14.3. The van der Waals surface area contributed by atoms with E-state index in [1.165, 1.54) is 0 Å². The first-order valence-electron chi connectivity index (χ1n) is 12.8. The predicted molar refractivity (Wildman–Crippen MR) is 150 cm³/mol. The van der Waals surface area contributed by atoms with Gasteiger partial charge in [0.05, 0.1) is 17.6 Å². The Morgan fingerprint density at radius 3 is 2.57 bits per heavy atom. The number of esters is 1. The average Bonchev–Trinajstić information content (AvgIpc) is 2.86. The fraction of sp³-hybridized carbons (Fsp3) is 0.400. The maximum absolute atomic E-state index is 13.8. The molecule has 7 heteroatoms. The van der Waals surface area contributed by atoms with Crippen molar-refractivity contribution >= 4 is 35.1 Å². The Morgan fingerprint density at radius 1 is 1.14 bits per heavy atom. The number of ether oxygens (including phenoxy) is 2. The molecule has 2 atom stereocenters. The number of benzene rings is 2. The number of halogens is 1. The molecule has 0 radical (unpaired) electrons. The van der Waals surface area contributed by atoms with Crippen LogP contribution < -0.4 is 10.1 Å². The van der Waals surface area contributed by atoms with Crippen molar-refractivity contribution in [1.82, 2.24) is 5.32 Å². The van der Waals surface area contributed by atoms with E-state index >= 15 is 0 Å². The van der Waals surface area contributed by atoms with Crippen molar-refractivity contribution in [1.29, 1.82) is 0 Å². The Balaban J connectivity index is 1.76. The minimum Gasteiger partial charge on any atom is -0.491 e. The molecular weight excluding hydrogens is 506 g/mol. The molecule has 196 valence electrons. The Kier molecular flexibility index (Phi) is 9.04. The summed E-state index contributed by atoms with van der Waals surface area (Å²) >= 11 is 7.82. The molecule has 0 saturated carbocycles. The van der Waals surface area contributed by atoms with E-state index < -0.39 is 11.9 Å². The van der Waals surface area contributed by atoms with Gasteiger partial charge in [-0.25, -0.2) is 4.79 Å². The zero-order chi connectivity index (χ0) is 26.5. The molecule has 2 aromatic rings. The first-order chi connectivity index (χ1) is 17.8. The minimum absolute atomic E-state index is 0.0254. The second-order valence-corrected chi connectivity index (χ2v) is 11.4. The lowest BCUT2D eigenvalue weighted by atomic mass is 9.71. The van der Waals surface area contributed by atoms with Gasteiger partial charge in [-0.05, 0) is 62.6 Å². The van der Waals surface area contributed by atoms with Crippen LogP contribution in [0.15, 0.2) is 71.1 Å². The zero-order valence-corrected chi connectivity index (χ0v) is 23.4. The molecule has 0 unspecified atom stereocenters. The van der Waals surface area contributed by atoms with Crippen LogP contribution in [0, 0.1) is 0 Å². The third kappa shape index (κ3) is 6.24. The number of Topliss-reactive ketones (excluding diaryl/α,β-unsaturated/α-hetero) is 1. The lowest BCUT2D eigenvalue weighted by molar-refractivity contribution is -0.138. The van der Waals surface area contributed by atoms with Crippen LogP contribution in [0.5, 0.6) is 5.75 Å². The van der Waals surface area contributed by atoms with Gasteiger partial charge in [0.2, 0.25) is 0 Å². The SMILES string of the molecule is CCSCCOC(=O)C1=C(C)NC2=C(C(=O)C[C@@H](c3ccc(Cl)cc3)C2)[C@@H]1c1ccccc1OC(C)C. The third-order valence-electron chi connectivity index (χ3n) is 6.65. The molecule has 0 spiro atoms. The van der Waals surface area contributed by atoms with Gasteiger partial charge < -0.3 is 14.8 Å². The monoisotopic (exact) mass is 539 g/mol. The Morgan fingerprint density at radius 2 is 1.86 bits per heavy atom. The summed E-state index contributed by atoms with van der Waals surface area (Å²) in [5.74, 6) is 1.46. The fourth-order valence-corrected chi connectivity index (χ4v) is 5.70. The summed E-state index contributed by atoms with van der Waals surface area (Å²) in [4.78, 5) is 27.3. The molecule has 5 nitrogen and oxygen atoms in total. The van der Waals surface area contributed by atoms with E-state index in [9.17, 15) is 9.59 Å². The molecule has 1 aliphatic heterocycles. The van der Waals surface area contributed by atoms with Gasteiger partial charge in [-0.2, -0.15) is 11.8 Å². The number of carbonyl (C=O) groups is 2. The van der Waals surface area contributed by atoms with E-state index in [0.717, 1.165) is 28.3 Å². The molecule has 1 heterocycles. The molecular formula is C30H34ClNO4S. The summed E-state index contributed by atoms with van der Waals surface area (Å²) in [6, 6.07) is 15.4. The highest BCUT2D eigenvalue weighted by Crippen LogP contribution is 2.47. The minimum atomic E-state index is -0.559. The van der Waals surface area contributed by atoms with Crippen LogP contribution >= 0.6 is 23.4 Å². The van der Waals surface area contributed by atoms with E-state index in [0.29, 0.717) is 47.1 Å². The average molecular weight is 540 g/mol. The van der Waals surface area contributed by atoms with Gasteiger partial charge in [-0.1, -0.05) is 48.9 Å². The van der Waals surface area contributed by atoms with E-state index in [4.69, 9.17) is 21.1 Å². The van der Waals surface area contributed by atoms with Crippen molar-refractivity contribution in [3.8, 4) is 5.75 Å². The summed E-state index contributed by atoms with van der Waals surface area (Å²) in [6.45, 7) is 8.22. The number of thioether (sulfide) groups is 1. The lowest BCUT2D eigenvalue weighted by Crippen LogP contribution is -2.36. The summed E-state index contributed by atoms with van der Waals surface area (Å²) in [6.07, 6.45) is 0.971. The maximum atomic E-state index is 13.8. The van der Waals surface area contributed by atoms with Crippen molar-refractivity contribution < 1.29 is 19.1 Å². The van der Waals surface area contributed by atoms with Gasteiger partial charge in [0.25, 0.3) is 0 Å². The number of dihydropyridines is 1. The highest BCUT2D eigenvalue weighted by atomic mass is 35.5. The molecule has 0 bridgehead atoms. The molecule has 0 fully saturated rings. The van der Waals surface area contributed by atoms with Gasteiger partial charge >= 0.3 is 5.97 Å². The molecule has 1 aliphatic carbocycles. The Bertz CT molecular complexity index is 1220. The summed E-state index contributed by atoms with van der Waals surface area (Å²) in [7, 11) is 0. The number of carbonyl (C=O) groups excluding carboxylic acids is 2. The molecule has 2 aliphatic rings. The van der Waals surface area contributed by atoms with Gasteiger partial charge in [0.1, 0.15) is 12.4 Å². The van der Waals surface area contributed by atoms with Crippen LogP contribution in [0.2, 0.25) is 5.02 Å². The van der Waals surface area contributed by atoms with E-state index in [1.807, 2.05) is 69.3 Å². The van der Waals surface area contributed by atoms with Crippen LogP contribution in [0.25, 0.3) is 0 Å². The predicted octanol–water partition coefficient (Wildman–Crippen LogP) is 6.79. The van der Waals surface area contributed by atoms with E-state index in [1.54, 1.807) is 11.8 Å². The van der Waals surface area contributed by atoms with Crippen LogP contribution in [0.1, 0.15) is 63.5 Å². The number of ketones is 1. The summed E-state index contributed by atoms with van der Waals surface area (Å²) in [5, 5.41) is 4.09. The number of hydrogen-bond donors (Lipinski definition) is 1. The van der Waals surface area contributed by atoms with Crippen LogP contribution in [0.4, 0.5) is 0 Å².